The monoisotopic (exact) mass is 371 g/mol. The molecular formula is C19H25N5O3. The summed E-state index contributed by atoms with van der Waals surface area (Å²) < 4.78 is 6.93. The van der Waals surface area contributed by atoms with Gasteiger partial charge in [-0.05, 0) is 38.4 Å². The van der Waals surface area contributed by atoms with Gasteiger partial charge in [-0.1, -0.05) is 0 Å². The molecule has 0 radical (unpaired) electrons. The lowest BCUT2D eigenvalue weighted by Crippen LogP contribution is -2.28. The lowest BCUT2D eigenvalue weighted by atomic mass is 10.1. The molecule has 1 aromatic carbocycles. The second-order valence-corrected chi connectivity index (χ2v) is 6.86. The Morgan fingerprint density at radius 1 is 1.30 bits per heavy atom. The van der Waals surface area contributed by atoms with Crippen molar-refractivity contribution in [3.63, 3.8) is 0 Å². The minimum absolute atomic E-state index is 0.0585. The van der Waals surface area contributed by atoms with Crippen molar-refractivity contribution in [3.8, 4) is 5.75 Å². The summed E-state index contributed by atoms with van der Waals surface area (Å²) in [5.41, 5.74) is 0.768. The largest absolute Gasteiger partial charge is 0.497 e. The summed E-state index contributed by atoms with van der Waals surface area (Å²) >= 11 is 0. The van der Waals surface area contributed by atoms with Gasteiger partial charge in [-0.3, -0.25) is 14.3 Å². The van der Waals surface area contributed by atoms with E-state index in [0.29, 0.717) is 12.4 Å². The maximum Gasteiger partial charge on any atom is 0.231 e. The van der Waals surface area contributed by atoms with Gasteiger partial charge in [-0.25, -0.2) is 0 Å². The fraction of sp³-hybridized carbons (Fsp3) is 0.421. The summed E-state index contributed by atoms with van der Waals surface area (Å²) in [7, 11) is 5.59. The van der Waals surface area contributed by atoms with Crippen LogP contribution in [0.1, 0.15) is 6.42 Å². The summed E-state index contributed by atoms with van der Waals surface area (Å²) in [6.07, 6.45) is 2.03. The van der Waals surface area contributed by atoms with Crippen LogP contribution in [0.3, 0.4) is 0 Å². The summed E-state index contributed by atoms with van der Waals surface area (Å²) in [4.78, 5) is 28.6. The molecule has 1 aliphatic rings. The molecule has 1 unspecified atom stereocenters. The third kappa shape index (κ3) is 4.65. The van der Waals surface area contributed by atoms with E-state index in [4.69, 9.17) is 4.74 Å². The van der Waals surface area contributed by atoms with E-state index in [1.165, 1.54) is 0 Å². The van der Waals surface area contributed by atoms with E-state index in [1.54, 1.807) is 34.9 Å². The molecule has 0 spiro atoms. The SMILES string of the molecule is COc1ccc(N2CC(C(=O)Nc3ccn(CCN(C)C)n3)CC2=O)cc1. The number of likely N-dealkylation sites (N-methyl/N-ethyl adjacent to an activating group) is 1. The van der Waals surface area contributed by atoms with Crippen LogP contribution in [0, 0.1) is 5.92 Å². The number of amides is 2. The zero-order chi connectivity index (χ0) is 19.4. The molecule has 1 aromatic heterocycles. The number of hydrogen-bond donors (Lipinski definition) is 1. The van der Waals surface area contributed by atoms with Crippen LogP contribution in [0.25, 0.3) is 0 Å². The van der Waals surface area contributed by atoms with E-state index in [9.17, 15) is 9.59 Å². The number of methoxy groups -OCH3 is 1. The van der Waals surface area contributed by atoms with E-state index in [1.807, 2.05) is 32.4 Å². The first-order valence-electron chi connectivity index (χ1n) is 8.89. The highest BCUT2D eigenvalue weighted by molar-refractivity contribution is 6.03. The highest BCUT2D eigenvalue weighted by Crippen LogP contribution is 2.27. The molecule has 3 rings (SSSR count). The van der Waals surface area contributed by atoms with Crippen molar-refractivity contribution < 1.29 is 14.3 Å². The zero-order valence-corrected chi connectivity index (χ0v) is 15.9. The molecule has 144 valence electrons. The maximum atomic E-state index is 12.5. The second-order valence-electron chi connectivity index (χ2n) is 6.86. The average molecular weight is 371 g/mol. The number of rotatable bonds is 7. The molecule has 1 aliphatic heterocycles. The number of benzene rings is 1. The van der Waals surface area contributed by atoms with Gasteiger partial charge in [0.25, 0.3) is 0 Å². The molecular weight excluding hydrogens is 346 g/mol. The molecule has 1 saturated heterocycles. The standard InChI is InChI=1S/C19H25N5O3/c1-22(2)10-11-23-9-8-17(21-23)20-19(26)14-12-18(25)24(13-14)15-4-6-16(27-3)7-5-15/h4-9,14H,10-13H2,1-3H3,(H,20,21,26). The Balaban J connectivity index is 1.58. The van der Waals surface area contributed by atoms with Crippen LogP contribution in [-0.4, -0.2) is 60.8 Å². The lowest BCUT2D eigenvalue weighted by molar-refractivity contribution is -0.122. The van der Waals surface area contributed by atoms with E-state index < -0.39 is 5.92 Å². The van der Waals surface area contributed by atoms with Crippen molar-refractivity contribution in [2.45, 2.75) is 13.0 Å². The molecule has 1 atom stereocenters. The van der Waals surface area contributed by atoms with Gasteiger partial charge in [0, 0.05) is 37.5 Å². The Bertz CT molecular complexity index is 800. The Morgan fingerprint density at radius 3 is 2.70 bits per heavy atom. The minimum atomic E-state index is -0.397. The fourth-order valence-electron chi connectivity index (χ4n) is 2.98. The Morgan fingerprint density at radius 2 is 2.04 bits per heavy atom. The van der Waals surface area contributed by atoms with Gasteiger partial charge < -0.3 is 19.9 Å². The van der Waals surface area contributed by atoms with Crippen LogP contribution < -0.4 is 15.0 Å². The van der Waals surface area contributed by atoms with Crippen molar-refractivity contribution >= 4 is 23.3 Å². The Labute approximate surface area is 158 Å². The first-order chi connectivity index (χ1) is 13.0. The number of aromatic nitrogens is 2. The van der Waals surface area contributed by atoms with Gasteiger partial charge >= 0.3 is 0 Å². The Hall–Kier alpha value is -2.87. The van der Waals surface area contributed by atoms with Crippen molar-refractivity contribution in [1.82, 2.24) is 14.7 Å². The van der Waals surface area contributed by atoms with E-state index in [2.05, 4.69) is 15.3 Å². The van der Waals surface area contributed by atoms with Crippen molar-refractivity contribution in [3.05, 3.63) is 36.5 Å². The highest BCUT2D eigenvalue weighted by atomic mass is 16.5. The van der Waals surface area contributed by atoms with Crippen molar-refractivity contribution in [2.24, 2.45) is 5.92 Å². The molecule has 0 saturated carbocycles. The second kappa shape index (κ2) is 8.22. The van der Waals surface area contributed by atoms with Gasteiger partial charge in [0.2, 0.25) is 11.8 Å². The number of hydrogen-bond acceptors (Lipinski definition) is 5. The summed E-state index contributed by atoms with van der Waals surface area (Å²) in [5, 5.41) is 7.17. The lowest BCUT2D eigenvalue weighted by Gasteiger charge is -2.17. The quantitative estimate of drug-likeness (QED) is 0.797. The van der Waals surface area contributed by atoms with Crippen LogP contribution in [0.15, 0.2) is 36.5 Å². The molecule has 2 aromatic rings. The molecule has 0 aliphatic carbocycles. The normalized spacial score (nSPS) is 16.8. The van der Waals surface area contributed by atoms with Gasteiger partial charge in [0.1, 0.15) is 5.75 Å². The smallest absolute Gasteiger partial charge is 0.231 e. The molecule has 1 fully saturated rings. The molecule has 2 amide bonds. The molecule has 1 N–H and O–H groups in total. The third-order valence-corrected chi connectivity index (χ3v) is 4.55. The van der Waals surface area contributed by atoms with Crippen LogP contribution >= 0.6 is 0 Å². The van der Waals surface area contributed by atoms with Crippen LogP contribution in [0.4, 0.5) is 11.5 Å². The summed E-state index contributed by atoms with van der Waals surface area (Å²) in [5.74, 6) is 0.597. The van der Waals surface area contributed by atoms with E-state index in [-0.39, 0.29) is 18.2 Å². The van der Waals surface area contributed by atoms with Gasteiger partial charge in [0.15, 0.2) is 5.82 Å². The number of nitrogens with zero attached hydrogens (tertiary/aromatic N) is 4. The fourth-order valence-corrected chi connectivity index (χ4v) is 2.98. The predicted molar refractivity (Wildman–Crippen MR) is 103 cm³/mol. The number of carbonyl (C=O) groups is 2. The highest BCUT2D eigenvalue weighted by Gasteiger charge is 2.35. The number of carbonyl (C=O) groups excluding carboxylic acids is 2. The van der Waals surface area contributed by atoms with Crippen molar-refractivity contribution in [2.75, 3.05) is 44.5 Å². The molecule has 27 heavy (non-hydrogen) atoms. The Kier molecular flexibility index (Phi) is 5.75. The first kappa shape index (κ1) is 18.9. The summed E-state index contributed by atoms with van der Waals surface area (Å²) in [6, 6.07) is 9.02. The van der Waals surface area contributed by atoms with Crippen LogP contribution in [-0.2, 0) is 16.1 Å². The van der Waals surface area contributed by atoms with Gasteiger partial charge in [-0.15, -0.1) is 0 Å². The third-order valence-electron chi connectivity index (χ3n) is 4.55. The van der Waals surface area contributed by atoms with Crippen LogP contribution in [0.2, 0.25) is 0 Å². The van der Waals surface area contributed by atoms with Crippen molar-refractivity contribution in [1.29, 1.82) is 0 Å². The molecule has 0 bridgehead atoms. The van der Waals surface area contributed by atoms with Gasteiger partial charge in [-0.2, -0.15) is 5.10 Å². The van der Waals surface area contributed by atoms with E-state index >= 15 is 0 Å². The summed E-state index contributed by atoms with van der Waals surface area (Å²) in [6.45, 7) is 1.97. The minimum Gasteiger partial charge on any atom is -0.497 e. The molecule has 8 nitrogen and oxygen atoms in total. The predicted octanol–water partition coefficient (Wildman–Crippen LogP) is 1.44. The maximum absolute atomic E-state index is 12.5. The average Bonchev–Trinajstić information content (AvgIpc) is 3.26. The number of ether oxygens (including phenoxy) is 1. The topological polar surface area (TPSA) is 79.7 Å². The number of nitrogens with one attached hydrogen (secondary N) is 1. The molecule has 2 heterocycles. The van der Waals surface area contributed by atoms with E-state index in [0.717, 1.165) is 24.5 Å². The zero-order valence-electron chi connectivity index (χ0n) is 15.9. The van der Waals surface area contributed by atoms with Crippen LogP contribution in [0.5, 0.6) is 5.75 Å². The van der Waals surface area contributed by atoms with Gasteiger partial charge in [0.05, 0.1) is 19.6 Å². The first-order valence-corrected chi connectivity index (χ1v) is 8.89. The number of anilines is 2. The molecule has 8 heteroatoms.